The maximum absolute atomic E-state index is 10.6. The molecule has 0 spiro atoms. The molecule has 2 N–H and O–H groups in total. The fraction of sp³-hybridized carbons (Fsp3) is 0.400. The summed E-state index contributed by atoms with van der Waals surface area (Å²) in [4.78, 5) is 13.8. The molecule has 0 aromatic carbocycles. The van der Waals surface area contributed by atoms with Crippen molar-refractivity contribution in [2.24, 2.45) is 0 Å². The number of nitrogens with one attached hydrogen (secondary N) is 1. The van der Waals surface area contributed by atoms with E-state index in [1.54, 1.807) is 6.07 Å². The number of hydrogen-bond acceptors (Lipinski definition) is 6. The van der Waals surface area contributed by atoms with Crippen molar-refractivity contribution in [1.82, 2.24) is 4.98 Å². The molecule has 1 rings (SSSR count). The van der Waals surface area contributed by atoms with Gasteiger partial charge in [-0.15, -0.1) is 0 Å². The lowest BCUT2D eigenvalue weighted by atomic mass is 10.2. The molecule has 7 nitrogen and oxygen atoms in total. The zero-order valence-electron chi connectivity index (χ0n) is 9.25. The highest BCUT2D eigenvalue weighted by molar-refractivity contribution is 5.50. The van der Waals surface area contributed by atoms with Crippen LogP contribution in [0.15, 0.2) is 12.1 Å². The first-order valence-corrected chi connectivity index (χ1v) is 5.01. The predicted molar refractivity (Wildman–Crippen MR) is 60.4 cm³/mol. The van der Waals surface area contributed by atoms with Crippen LogP contribution in [0.2, 0.25) is 0 Å². The molecular formula is C10H12N4O3. The van der Waals surface area contributed by atoms with Gasteiger partial charge in [-0.1, -0.05) is 0 Å². The third kappa shape index (κ3) is 3.39. The highest BCUT2D eigenvalue weighted by atomic mass is 16.6. The summed E-state index contributed by atoms with van der Waals surface area (Å²) in [5, 5.41) is 31.0. The van der Waals surface area contributed by atoms with E-state index in [9.17, 15) is 10.1 Å². The number of pyridine rings is 1. The molecule has 0 bridgehead atoms. The molecule has 17 heavy (non-hydrogen) atoms. The minimum absolute atomic E-state index is 0.0273. The van der Waals surface area contributed by atoms with Crippen molar-refractivity contribution in [3.8, 4) is 6.07 Å². The molecule has 1 aromatic rings. The van der Waals surface area contributed by atoms with Crippen LogP contribution in [0.25, 0.3) is 0 Å². The number of anilines is 1. The average molecular weight is 236 g/mol. The third-order valence-corrected chi connectivity index (χ3v) is 2.13. The Morgan fingerprint density at radius 3 is 2.94 bits per heavy atom. The Bertz CT molecular complexity index is 455. The molecule has 0 aliphatic heterocycles. The molecule has 0 amide bonds. The molecule has 1 heterocycles. The Morgan fingerprint density at radius 1 is 1.71 bits per heavy atom. The Morgan fingerprint density at radius 2 is 2.41 bits per heavy atom. The van der Waals surface area contributed by atoms with Gasteiger partial charge in [-0.25, -0.2) is 4.98 Å². The fourth-order valence-corrected chi connectivity index (χ4v) is 1.28. The predicted octanol–water partition coefficient (Wildman–Crippen LogP) is 1.04. The van der Waals surface area contributed by atoms with Gasteiger partial charge in [-0.05, 0) is 19.4 Å². The second-order valence-corrected chi connectivity index (χ2v) is 3.49. The molecule has 0 fully saturated rings. The normalized spacial score (nSPS) is 11.6. The first kappa shape index (κ1) is 12.9. The molecular weight excluding hydrogens is 224 g/mol. The Kier molecular flexibility index (Phi) is 4.37. The second kappa shape index (κ2) is 5.77. The molecule has 1 atom stereocenters. The van der Waals surface area contributed by atoms with Crippen molar-refractivity contribution >= 4 is 11.5 Å². The molecule has 0 radical (unpaired) electrons. The van der Waals surface area contributed by atoms with E-state index in [0.717, 1.165) is 0 Å². The first-order valence-electron chi connectivity index (χ1n) is 5.01. The largest absolute Gasteiger partial charge is 0.396 e. The quantitative estimate of drug-likeness (QED) is 0.583. The van der Waals surface area contributed by atoms with Gasteiger partial charge < -0.3 is 10.4 Å². The van der Waals surface area contributed by atoms with Crippen molar-refractivity contribution in [3.63, 3.8) is 0 Å². The summed E-state index contributed by atoms with van der Waals surface area (Å²) in [6, 6.07) is 4.33. The number of hydrogen-bond donors (Lipinski definition) is 2. The van der Waals surface area contributed by atoms with Crippen molar-refractivity contribution in [3.05, 3.63) is 27.9 Å². The van der Waals surface area contributed by atoms with Crippen LogP contribution in [0.4, 0.5) is 11.5 Å². The number of aliphatic hydroxyl groups excluding tert-OH is 1. The summed E-state index contributed by atoms with van der Waals surface area (Å²) in [5.74, 6) is 0.383. The minimum atomic E-state index is -0.646. The number of nitrogens with zero attached hydrogens (tertiary/aromatic N) is 3. The number of nitriles is 1. The molecule has 7 heteroatoms. The van der Waals surface area contributed by atoms with Crippen LogP contribution in [0.5, 0.6) is 0 Å². The van der Waals surface area contributed by atoms with E-state index >= 15 is 0 Å². The van der Waals surface area contributed by atoms with Gasteiger partial charge in [0.05, 0.1) is 4.92 Å². The minimum Gasteiger partial charge on any atom is -0.396 e. The summed E-state index contributed by atoms with van der Waals surface area (Å²) in [7, 11) is 0. The lowest BCUT2D eigenvalue weighted by Crippen LogP contribution is -2.17. The van der Waals surface area contributed by atoms with Gasteiger partial charge in [0, 0.05) is 18.7 Å². The molecule has 0 aliphatic rings. The Balaban J connectivity index is 2.91. The average Bonchev–Trinajstić information content (AvgIpc) is 2.28. The highest BCUT2D eigenvalue weighted by Gasteiger charge is 2.15. The number of aromatic nitrogens is 1. The smallest absolute Gasteiger partial charge is 0.305 e. The summed E-state index contributed by atoms with van der Waals surface area (Å²) in [6.07, 6.45) is 0.528. The molecule has 1 aromatic heterocycles. The van der Waals surface area contributed by atoms with E-state index in [0.29, 0.717) is 12.2 Å². The van der Waals surface area contributed by atoms with E-state index in [2.05, 4.69) is 10.3 Å². The van der Waals surface area contributed by atoms with E-state index in [4.69, 9.17) is 10.4 Å². The van der Waals surface area contributed by atoms with Crippen LogP contribution in [-0.2, 0) is 0 Å². The highest BCUT2D eigenvalue weighted by Crippen LogP contribution is 2.18. The van der Waals surface area contributed by atoms with Crippen molar-refractivity contribution in [2.45, 2.75) is 19.4 Å². The van der Waals surface area contributed by atoms with Gasteiger partial charge in [-0.2, -0.15) is 5.26 Å². The van der Waals surface area contributed by atoms with Gasteiger partial charge in [0.1, 0.15) is 11.9 Å². The van der Waals surface area contributed by atoms with Crippen molar-refractivity contribution in [2.75, 3.05) is 11.9 Å². The maximum atomic E-state index is 10.6. The number of nitro groups is 1. The van der Waals surface area contributed by atoms with Gasteiger partial charge in [0.25, 0.3) is 0 Å². The van der Waals surface area contributed by atoms with Crippen LogP contribution < -0.4 is 5.32 Å². The summed E-state index contributed by atoms with van der Waals surface area (Å²) in [6.45, 7) is 1.87. The number of aliphatic hydroxyl groups is 1. The van der Waals surface area contributed by atoms with Crippen LogP contribution in [-0.4, -0.2) is 27.7 Å². The van der Waals surface area contributed by atoms with Gasteiger partial charge in [0.15, 0.2) is 0 Å². The summed E-state index contributed by atoms with van der Waals surface area (Å²) in [5.41, 5.74) is -0.538. The summed E-state index contributed by atoms with van der Waals surface area (Å²) >= 11 is 0. The van der Waals surface area contributed by atoms with Crippen LogP contribution >= 0.6 is 0 Å². The van der Waals surface area contributed by atoms with E-state index < -0.39 is 4.92 Å². The van der Waals surface area contributed by atoms with Gasteiger partial charge in [0.2, 0.25) is 5.69 Å². The molecule has 0 saturated carbocycles. The first-order chi connectivity index (χ1) is 8.08. The van der Waals surface area contributed by atoms with Gasteiger partial charge >= 0.3 is 5.69 Å². The lowest BCUT2D eigenvalue weighted by Gasteiger charge is -2.12. The van der Waals surface area contributed by atoms with Crippen molar-refractivity contribution in [1.29, 1.82) is 5.26 Å². The second-order valence-electron chi connectivity index (χ2n) is 3.49. The van der Waals surface area contributed by atoms with E-state index in [-0.39, 0.29) is 24.0 Å². The molecule has 1 unspecified atom stereocenters. The molecule has 90 valence electrons. The van der Waals surface area contributed by atoms with Crippen molar-refractivity contribution < 1.29 is 10.0 Å². The molecule has 0 saturated heterocycles. The van der Waals surface area contributed by atoms with E-state index in [1.807, 2.05) is 6.92 Å². The zero-order chi connectivity index (χ0) is 12.8. The maximum Gasteiger partial charge on any atom is 0.305 e. The van der Waals surface area contributed by atoms with Crippen LogP contribution in [0.1, 0.15) is 19.0 Å². The SMILES string of the molecule is CC(CCO)Nc1ccc([N+](=O)[O-])c(C#N)n1. The monoisotopic (exact) mass is 236 g/mol. The topological polar surface area (TPSA) is 112 Å². The Labute approximate surface area is 97.9 Å². The fourth-order valence-electron chi connectivity index (χ4n) is 1.28. The standard InChI is InChI=1S/C10H12N4O3/c1-7(4-5-15)12-10-3-2-9(14(16)17)8(6-11)13-10/h2-3,7,15H,4-5H2,1H3,(H,12,13). The van der Waals surface area contributed by atoms with Crippen LogP contribution in [0, 0.1) is 21.4 Å². The number of rotatable bonds is 5. The van der Waals surface area contributed by atoms with Crippen LogP contribution in [0.3, 0.4) is 0 Å². The van der Waals surface area contributed by atoms with E-state index in [1.165, 1.54) is 12.1 Å². The summed E-state index contributed by atoms with van der Waals surface area (Å²) < 4.78 is 0. The zero-order valence-corrected chi connectivity index (χ0v) is 9.25. The molecule has 0 aliphatic carbocycles. The third-order valence-electron chi connectivity index (χ3n) is 2.13. The Hall–Kier alpha value is -2.20. The lowest BCUT2D eigenvalue weighted by molar-refractivity contribution is -0.385. The van der Waals surface area contributed by atoms with Gasteiger partial charge in [-0.3, -0.25) is 10.1 Å².